The van der Waals surface area contributed by atoms with Crippen molar-refractivity contribution in [1.29, 1.82) is 0 Å². The van der Waals surface area contributed by atoms with Crippen molar-refractivity contribution in [1.82, 2.24) is 5.32 Å². The van der Waals surface area contributed by atoms with Gasteiger partial charge in [0.25, 0.3) is 5.91 Å². The first-order chi connectivity index (χ1) is 15.6. The van der Waals surface area contributed by atoms with Crippen LogP contribution in [0.3, 0.4) is 0 Å². The molecule has 33 heavy (non-hydrogen) atoms. The van der Waals surface area contributed by atoms with Crippen LogP contribution in [0.4, 0.5) is 16.2 Å². The van der Waals surface area contributed by atoms with Gasteiger partial charge in [0.05, 0.1) is 6.61 Å². The first-order valence-corrected chi connectivity index (χ1v) is 10.7. The summed E-state index contributed by atoms with van der Waals surface area (Å²) in [6, 6.07) is 13.7. The first kappa shape index (κ1) is 25.5. The monoisotopic (exact) mass is 457 g/mol. The van der Waals surface area contributed by atoms with E-state index in [1.54, 1.807) is 69.3 Å². The third-order valence-electron chi connectivity index (χ3n) is 3.98. The van der Waals surface area contributed by atoms with Gasteiger partial charge in [-0.2, -0.15) is 0 Å². The zero-order chi connectivity index (χ0) is 24.3. The topological polar surface area (TPSA) is 115 Å². The molecule has 0 atom stereocenters. The number of carbonyl (C=O) groups excluding carboxylic acids is 3. The van der Waals surface area contributed by atoms with Gasteiger partial charge in [-0.15, -0.1) is 0 Å². The third-order valence-corrected chi connectivity index (χ3v) is 3.98. The van der Waals surface area contributed by atoms with Crippen LogP contribution >= 0.6 is 0 Å². The molecule has 0 spiro atoms. The summed E-state index contributed by atoms with van der Waals surface area (Å²) < 4.78 is 15.9. The van der Waals surface area contributed by atoms with Crippen LogP contribution in [0.15, 0.2) is 48.5 Å². The van der Waals surface area contributed by atoms with E-state index < -0.39 is 11.7 Å². The molecule has 2 aromatic carbocycles. The Hall–Kier alpha value is -3.75. The van der Waals surface area contributed by atoms with Crippen molar-refractivity contribution in [2.75, 3.05) is 30.4 Å². The number of rotatable bonds is 10. The number of ether oxygens (including phenoxy) is 3. The molecule has 3 amide bonds. The van der Waals surface area contributed by atoms with Crippen molar-refractivity contribution in [2.24, 2.45) is 0 Å². The fourth-order valence-corrected chi connectivity index (χ4v) is 2.60. The van der Waals surface area contributed by atoms with E-state index in [0.717, 1.165) is 5.75 Å². The molecule has 0 radical (unpaired) electrons. The fraction of sp³-hybridized carbons (Fsp3) is 0.375. The molecule has 0 fully saturated rings. The molecule has 0 aliphatic heterocycles. The quantitative estimate of drug-likeness (QED) is 0.498. The molecule has 178 valence electrons. The number of anilines is 2. The Balaban J connectivity index is 1.70. The van der Waals surface area contributed by atoms with Crippen molar-refractivity contribution in [3.63, 3.8) is 0 Å². The van der Waals surface area contributed by atoms with Crippen molar-refractivity contribution in [3.8, 4) is 11.5 Å². The van der Waals surface area contributed by atoms with E-state index >= 15 is 0 Å². The van der Waals surface area contributed by atoms with Gasteiger partial charge in [0.1, 0.15) is 17.1 Å². The minimum Gasteiger partial charge on any atom is -0.494 e. The lowest BCUT2D eigenvalue weighted by atomic mass is 10.2. The van der Waals surface area contributed by atoms with Gasteiger partial charge in [-0.25, -0.2) is 4.79 Å². The summed E-state index contributed by atoms with van der Waals surface area (Å²) in [6.45, 7) is 7.79. The van der Waals surface area contributed by atoms with Crippen molar-refractivity contribution >= 4 is 29.3 Å². The minimum absolute atomic E-state index is 0.0978. The Morgan fingerprint density at radius 1 is 0.788 bits per heavy atom. The Morgan fingerprint density at radius 3 is 1.82 bits per heavy atom. The maximum atomic E-state index is 12.1. The van der Waals surface area contributed by atoms with Crippen LogP contribution in [0.1, 0.15) is 34.1 Å². The van der Waals surface area contributed by atoms with E-state index in [2.05, 4.69) is 16.0 Å². The van der Waals surface area contributed by atoms with Crippen molar-refractivity contribution < 1.29 is 28.6 Å². The number of hydrogen-bond donors (Lipinski definition) is 3. The van der Waals surface area contributed by atoms with Crippen LogP contribution in [-0.2, 0) is 14.3 Å². The lowest BCUT2D eigenvalue weighted by Crippen LogP contribution is -2.34. The number of carbonyl (C=O) groups is 3. The number of amides is 3. The summed E-state index contributed by atoms with van der Waals surface area (Å²) in [5, 5.41) is 7.98. The van der Waals surface area contributed by atoms with E-state index in [0.29, 0.717) is 23.7 Å². The Labute approximate surface area is 193 Å². The largest absolute Gasteiger partial charge is 0.494 e. The summed E-state index contributed by atoms with van der Waals surface area (Å²) in [4.78, 5) is 35.7. The summed E-state index contributed by atoms with van der Waals surface area (Å²) >= 11 is 0. The van der Waals surface area contributed by atoms with Crippen LogP contribution in [0.2, 0.25) is 0 Å². The lowest BCUT2D eigenvalue weighted by molar-refractivity contribution is -0.118. The molecule has 0 heterocycles. The van der Waals surface area contributed by atoms with Gasteiger partial charge in [-0.1, -0.05) is 0 Å². The molecule has 0 saturated heterocycles. The molecule has 0 aliphatic carbocycles. The van der Waals surface area contributed by atoms with Crippen LogP contribution < -0.4 is 25.4 Å². The highest BCUT2D eigenvalue weighted by atomic mass is 16.6. The maximum absolute atomic E-state index is 12.1. The Bertz CT molecular complexity index is 921. The lowest BCUT2D eigenvalue weighted by Gasteiger charge is -2.19. The van der Waals surface area contributed by atoms with Gasteiger partial charge in [0.15, 0.2) is 6.61 Å². The van der Waals surface area contributed by atoms with Gasteiger partial charge in [0, 0.05) is 24.3 Å². The van der Waals surface area contributed by atoms with Gasteiger partial charge < -0.3 is 30.2 Å². The molecule has 0 aromatic heterocycles. The molecular weight excluding hydrogens is 426 g/mol. The molecule has 0 aliphatic rings. The highest BCUT2D eigenvalue weighted by Crippen LogP contribution is 2.18. The molecule has 2 aromatic rings. The Morgan fingerprint density at radius 2 is 1.30 bits per heavy atom. The number of hydrogen-bond acceptors (Lipinski definition) is 6. The standard InChI is InChI=1S/C24H31N3O6/c1-5-31-19-10-12-20(13-11-19)32-16-22(29)27-18-8-6-17(7-9-18)26-21(28)14-15-25-23(30)33-24(2,3)4/h6-13H,5,14-16H2,1-4H3,(H,25,30)(H,26,28)(H,27,29). The normalized spacial score (nSPS) is 10.7. The smallest absolute Gasteiger partial charge is 0.407 e. The summed E-state index contributed by atoms with van der Waals surface area (Å²) in [5.41, 5.74) is 0.547. The average molecular weight is 458 g/mol. The van der Waals surface area contributed by atoms with Crippen LogP contribution in [0, 0.1) is 0 Å². The van der Waals surface area contributed by atoms with Gasteiger partial charge >= 0.3 is 6.09 Å². The van der Waals surface area contributed by atoms with E-state index in [-0.39, 0.29) is 31.4 Å². The molecular formula is C24H31N3O6. The molecule has 3 N–H and O–H groups in total. The van der Waals surface area contributed by atoms with E-state index in [1.807, 2.05) is 6.92 Å². The first-order valence-electron chi connectivity index (χ1n) is 10.7. The van der Waals surface area contributed by atoms with E-state index in [1.165, 1.54) is 0 Å². The maximum Gasteiger partial charge on any atom is 0.407 e. The summed E-state index contributed by atoms with van der Waals surface area (Å²) in [6.07, 6.45) is -0.470. The third kappa shape index (κ3) is 10.4. The molecule has 0 saturated carbocycles. The molecule has 0 bridgehead atoms. The van der Waals surface area contributed by atoms with Gasteiger partial charge in [0.2, 0.25) is 5.91 Å². The van der Waals surface area contributed by atoms with Crippen molar-refractivity contribution in [2.45, 2.75) is 39.7 Å². The van der Waals surface area contributed by atoms with Crippen LogP contribution in [0.5, 0.6) is 11.5 Å². The number of nitrogens with one attached hydrogen (secondary N) is 3. The highest BCUT2D eigenvalue weighted by molar-refractivity contribution is 5.93. The second-order valence-electron chi connectivity index (χ2n) is 8.05. The Kier molecular flexibility index (Phi) is 9.53. The molecule has 9 nitrogen and oxygen atoms in total. The predicted molar refractivity (Wildman–Crippen MR) is 126 cm³/mol. The predicted octanol–water partition coefficient (Wildman–Crippen LogP) is 3.96. The van der Waals surface area contributed by atoms with Gasteiger partial charge in [-0.3, -0.25) is 9.59 Å². The number of alkyl carbamates (subject to hydrolysis) is 1. The fourth-order valence-electron chi connectivity index (χ4n) is 2.60. The SMILES string of the molecule is CCOc1ccc(OCC(=O)Nc2ccc(NC(=O)CCNC(=O)OC(C)(C)C)cc2)cc1. The molecule has 9 heteroatoms. The number of benzene rings is 2. The molecule has 2 rings (SSSR count). The summed E-state index contributed by atoms with van der Waals surface area (Å²) in [7, 11) is 0. The van der Waals surface area contributed by atoms with E-state index in [9.17, 15) is 14.4 Å². The average Bonchev–Trinajstić information content (AvgIpc) is 2.73. The van der Waals surface area contributed by atoms with Crippen LogP contribution in [0.25, 0.3) is 0 Å². The summed E-state index contributed by atoms with van der Waals surface area (Å²) in [5.74, 6) is 0.731. The zero-order valence-corrected chi connectivity index (χ0v) is 19.4. The van der Waals surface area contributed by atoms with Crippen molar-refractivity contribution in [3.05, 3.63) is 48.5 Å². The second kappa shape index (κ2) is 12.3. The second-order valence-corrected chi connectivity index (χ2v) is 8.05. The minimum atomic E-state index is -0.592. The molecule has 0 unspecified atom stereocenters. The van der Waals surface area contributed by atoms with E-state index in [4.69, 9.17) is 14.2 Å². The van der Waals surface area contributed by atoms with Crippen LogP contribution in [-0.4, -0.2) is 43.3 Å². The highest BCUT2D eigenvalue weighted by Gasteiger charge is 2.16. The zero-order valence-electron chi connectivity index (χ0n) is 19.4. The van der Waals surface area contributed by atoms with Gasteiger partial charge in [-0.05, 0) is 76.2 Å².